The number of rotatable bonds is 8. The summed E-state index contributed by atoms with van der Waals surface area (Å²) in [6.07, 6.45) is -8.23. The van der Waals surface area contributed by atoms with Crippen molar-refractivity contribution in [2.45, 2.75) is 43.8 Å². The van der Waals surface area contributed by atoms with E-state index in [0.29, 0.717) is 6.42 Å². The normalized spacial score (nSPS) is 17.6. The van der Waals surface area contributed by atoms with Gasteiger partial charge in [-0.05, 0) is 18.9 Å². The minimum Gasteiger partial charge on any atom is -0.479 e. The van der Waals surface area contributed by atoms with Crippen LogP contribution in [-0.4, -0.2) is 67.9 Å². The van der Waals surface area contributed by atoms with Crippen molar-refractivity contribution < 1.29 is 35.1 Å². The van der Waals surface area contributed by atoms with Crippen molar-refractivity contribution in [1.29, 1.82) is 0 Å². The van der Waals surface area contributed by atoms with E-state index in [2.05, 4.69) is 5.32 Å². The number of aliphatic hydroxyl groups is 4. The molecule has 1 aromatic carbocycles. The number of amides is 1. The Morgan fingerprint density at radius 3 is 2.04 bits per heavy atom. The van der Waals surface area contributed by atoms with Crippen molar-refractivity contribution in [2.75, 3.05) is 0 Å². The standard InChI is InChI=1S/C15H21NO7/c1-8(7-9-5-3-2-4-6-9)16-14(21)12(19)10(17)11(18)13(20)15(22)23/h2-6,8,10-13,17-20H,7H2,1H3,(H,16,21)(H,22,23)/t8-,10-,11-,12-,13+/m0/s1. The highest BCUT2D eigenvalue weighted by Crippen LogP contribution is 2.07. The van der Waals surface area contributed by atoms with E-state index in [0.717, 1.165) is 5.56 Å². The van der Waals surface area contributed by atoms with Crippen molar-refractivity contribution in [3.63, 3.8) is 0 Å². The number of aliphatic carboxylic acids is 1. The summed E-state index contributed by atoms with van der Waals surface area (Å²) in [6.45, 7) is 1.69. The predicted molar refractivity (Wildman–Crippen MR) is 79.4 cm³/mol. The second-order valence-electron chi connectivity index (χ2n) is 5.31. The van der Waals surface area contributed by atoms with Crippen LogP contribution in [0.1, 0.15) is 12.5 Å². The second-order valence-corrected chi connectivity index (χ2v) is 5.31. The molecular formula is C15H21NO7. The van der Waals surface area contributed by atoms with Crippen LogP contribution in [0.4, 0.5) is 0 Å². The van der Waals surface area contributed by atoms with Gasteiger partial charge in [0.25, 0.3) is 5.91 Å². The van der Waals surface area contributed by atoms with Crippen LogP contribution in [0.2, 0.25) is 0 Å². The second kappa shape index (κ2) is 8.59. The lowest BCUT2D eigenvalue weighted by molar-refractivity contribution is -0.166. The minimum atomic E-state index is -2.31. The van der Waals surface area contributed by atoms with Gasteiger partial charge in [-0.2, -0.15) is 0 Å². The zero-order valence-electron chi connectivity index (χ0n) is 12.5. The average Bonchev–Trinajstić information content (AvgIpc) is 2.52. The quantitative estimate of drug-likeness (QED) is 0.332. The largest absolute Gasteiger partial charge is 0.479 e. The Morgan fingerprint density at radius 1 is 1.00 bits per heavy atom. The number of carbonyl (C=O) groups excluding carboxylic acids is 1. The van der Waals surface area contributed by atoms with Crippen LogP contribution in [0.15, 0.2) is 30.3 Å². The molecule has 23 heavy (non-hydrogen) atoms. The van der Waals surface area contributed by atoms with Crippen molar-refractivity contribution in [3.8, 4) is 0 Å². The van der Waals surface area contributed by atoms with Gasteiger partial charge in [0.2, 0.25) is 0 Å². The maximum absolute atomic E-state index is 11.8. The molecule has 0 aliphatic heterocycles. The summed E-state index contributed by atoms with van der Waals surface area (Å²) in [4.78, 5) is 22.3. The molecule has 0 bridgehead atoms. The lowest BCUT2D eigenvalue weighted by Gasteiger charge is -2.25. The summed E-state index contributed by atoms with van der Waals surface area (Å²) in [7, 11) is 0. The molecule has 0 saturated heterocycles. The van der Waals surface area contributed by atoms with Gasteiger partial charge in [-0.1, -0.05) is 30.3 Å². The topological polar surface area (TPSA) is 147 Å². The summed E-state index contributed by atoms with van der Waals surface area (Å²) in [5.41, 5.74) is 0.955. The molecule has 8 heteroatoms. The van der Waals surface area contributed by atoms with Crippen molar-refractivity contribution in [2.24, 2.45) is 0 Å². The fourth-order valence-electron chi connectivity index (χ4n) is 2.02. The van der Waals surface area contributed by atoms with Crippen LogP contribution in [0.3, 0.4) is 0 Å². The highest BCUT2D eigenvalue weighted by Gasteiger charge is 2.37. The van der Waals surface area contributed by atoms with E-state index in [1.165, 1.54) is 0 Å². The van der Waals surface area contributed by atoms with E-state index < -0.39 is 36.3 Å². The fourth-order valence-corrected chi connectivity index (χ4v) is 2.02. The number of carboxylic acids is 1. The monoisotopic (exact) mass is 327 g/mol. The van der Waals surface area contributed by atoms with Crippen molar-refractivity contribution in [1.82, 2.24) is 5.32 Å². The van der Waals surface area contributed by atoms with E-state index >= 15 is 0 Å². The molecular weight excluding hydrogens is 306 g/mol. The molecule has 1 rings (SSSR count). The highest BCUT2D eigenvalue weighted by molar-refractivity contribution is 5.81. The van der Waals surface area contributed by atoms with Gasteiger partial charge in [-0.3, -0.25) is 4.79 Å². The van der Waals surface area contributed by atoms with Crippen LogP contribution < -0.4 is 5.32 Å². The molecule has 6 N–H and O–H groups in total. The van der Waals surface area contributed by atoms with E-state index in [1.54, 1.807) is 6.92 Å². The van der Waals surface area contributed by atoms with E-state index in [1.807, 2.05) is 30.3 Å². The average molecular weight is 327 g/mol. The molecule has 0 fully saturated rings. The fraction of sp³-hybridized carbons (Fsp3) is 0.467. The SMILES string of the molecule is C[C@@H](Cc1ccccc1)NC(=O)[C@@H](O)[C@@H](O)[C@H](O)[C@@H](O)C(=O)O. The number of hydrogen-bond donors (Lipinski definition) is 6. The molecule has 0 aliphatic carbocycles. The summed E-state index contributed by atoms with van der Waals surface area (Å²) < 4.78 is 0. The summed E-state index contributed by atoms with van der Waals surface area (Å²) in [5.74, 6) is -2.75. The first-order valence-corrected chi connectivity index (χ1v) is 7.03. The smallest absolute Gasteiger partial charge is 0.335 e. The summed E-state index contributed by atoms with van der Waals surface area (Å²) in [5, 5.41) is 48.8. The van der Waals surface area contributed by atoms with Gasteiger partial charge in [-0.25, -0.2) is 4.79 Å². The first-order valence-electron chi connectivity index (χ1n) is 7.03. The Balaban J connectivity index is 2.57. The number of nitrogens with one attached hydrogen (secondary N) is 1. The molecule has 5 atom stereocenters. The third-order valence-electron chi connectivity index (χ3n) is 3.29. The Kier molecular flexibility index (Phi) is 7.11. The van der Waals surface area contributed by atoms with Crippen LogP contribution in [0.5, 0.6) is 0 Å². The molecule has 128 valence electrons. The highest BCUT2D eigenvalue weighted by atomic mass is 16.4. The Bertz CT molecular complexity index is 522. The third kappa shape index (κ3) is 5.61. The van der Waals surface area contributed by atoms with Crippen LogP contribution in [0, 0.1) is 0 Å². The molecule has 0 unspecified atom stereocenters. The van der Waals surface area contributed by atoms with E-state index in [9.17, 15) is 24.9 Å². The maximum Gasteiger partial charge on any atom is 0.335 e. The van der Waals surface area contributed by atoms with Gasteiger partial charge in [0.1, 0.15) is 12.2 Å². The van der Waals surface area contributed by atoms with Gasteiger partial charge in [0.05, 0.1) is 0 Å². The first kappa shape index (κ1) is 19.0. The number of hydrogen-bond acceptors (Lipinski definition) is 6. The van der Waals surface area contributed by atoms with Gasteiger partial charge in [0.15, 0.2) is 12.2 Å². The number of carboxylic acid groups (broad SMARTS) is 1. The Morgan fingerprint density at radius 2 is 1.52 bits per heavy atom. The lowest BCUT2D eigenvalue weighted by Crippen LogP contribution is -2.53. The number of benzene rings is 1. The van der Waals surface area contributed by atoms with E-state index in [-0.39, 0.29) is 6.04 Å². The minimum absolute atomic E-state index is 0.367. The van der Waals surface area contributed by atoms with Gasteiger partial charge in [0, 0.05) is 6.04 Å². The summed E-state index contributed by atoms with van der Waals surface area (Å²) in [6, 6.07) is 8.88. The molecule has 0 saturated carbocycles. The molecule has 8 nitrogen and oxygen atoms in total. The molecule has 0 radical (unpaired) electrons. The maximum atomic E-state index is 11.8. The van der Waals surface area contributed by atoms with Crippen LogP contribution >= 0.6 is 0 Å². The zero-order valence-corrected chi connectivity index (χ0v) is 12.5. The van der Waals surface area contributed by atoms with Gasteiger partial charge >= 0.3 is 5.97 Å². The third-order valence-corrected chi connectivity index (χ3v) is 3.29. The van der Waals surface area contributed by atoms with Gasteiger partial charge in [-0.15, -0.1) is 0 Å². The molecule has 0 aliphatic rings. The predicted octanol–water partition coefficient (Wildman–Crippen LogP) is -1.74. The molecule has 1 aromatic rings. The molecule has 0 heterocycles. The Labute approximate surface area is 133 Å². The molecule has 0 spiro atoms. The van der Waals surface area contributed by atoms with Crippen molar-refractivity contribution >= 4 is 11.9 Å². The van der Waals surface area contributed by atoms with Crippen LogP contribution in [0.25, 0.3) is 0 Å². The first-order chi connectivity index (χ1) is 10.7. The number of carbonyl (C=O) groups is 2. The molecule has 1 amide bonds. The lowest BCUT2D eigenvalue weighted by atomic mass is 10.0. The number of aliphatic hydroxyl groups excluding tert-OH is 4. The van der Waals surface area contributed by atoms with Crippen LogP contribution in [-0.2, 0) is 16.0 Å². The van der Waals surface area contributed by atoms with E-state index in [4.69, 9.17) is 10.2 Å². The van der Waals surface area contributed by atoms with Gasteiger partial charge < -0.3 is 30.8 Å². The Hall–Kier alpha value is -2.00. The molecule has 0 aromatic heterocycles. The summed E-state index contributed by atoms with van der Waals surface area (Å²) >= 11 is 0. The van der Waals surface area contributed by atoms with Crippen molar-refractivity contribution in [3.05, 3.63) is 35.9 Å². The zero-order chi connectivity index (χ0) is 17.6.